The summed E-state index contributed by atoms with van der Waals surface area (Å²) in [7, 11) is 0. The van der Waals surface area contributed by atoms with E-state index in [1.807, 2.05) is 17.8 Å². The van der Waals surface area contributed by atoms with Gasteiger partial charge in [0.25, 0.3) is 0 Å². The van der Waals surface area contributed by atoms with E-state index in [4.69, 9.17) is 4.98 Å². The van der Waals surface area contributed by atoms with Crippen molar-refractivity contribution >= 4 is 0 Å². The molecule has 3 rings (SSSR count). The monoisotopic (exact) mass is 327 g/mol. The van der Waals surface area contributed by atoms with E-state index in [-0.39, 0.29) is 0 Å². The standard InChI is InChI=1S/C19H29N5/c1-5-10-24-19(8-9-20-24)18-12-17(21-15(4)22-18)16-7-6-11-23(13-16)14(2)3/h8-9,12,14,16H,5-7,10-11,13H2,1-4H3. The highest BCUT2D eigenvalue weighted by Gasteiger charge is 2.25. The minimum Gasteiger partial charge on any atom is -0.300 e. The zero-order valence-electron chi connectivity index (χ0n) is 15.4. The molecule has 3 heterocycles. The second-order valence-electron chi connectivity index (χ2n) is 7.09. The third-order valence-electron chi connectivity index (χ3n) is 4.87. The second kappa shape index (κ2) is 7.43. The van der Waals surface area contributed by atoms with E-state index in [1.165, 1.54) is 25.1 Å². The molecular weight excluding hydrogens is 298 g/mol. The largest absolute Gasteiger partial charge is 0.300 e. The van der Waals surface area contributed by atoms with Crippen LogP contribution >= 0.6 is 0 Å². The van der Waals surface area contributed by atoms with Gasteiger partial charge in [-0.2, -0.15) is 5.10 Å². The van der Waals surface area contributed by atoms with Gasteiger partial charge in [0.2, 0.25) is 0 Å². The van der Waals surface area contributed by atoms with Gasteiger partial charge in [0.15, 0.2) is 0 Å². The van der Waals surface area contributed by atoms with Crippen molar-refractivity contribution in [3.05, 3.63) is 29.8 Å². The molecule has 130 valence electrons. The highest BCUT2D eigenvalue weighted by atomic mass is 15.3. The van der Waals surface area contributed by atoms with E-state index in [0.29, 0.717) is 12.0 Å². The first-order valence-corrected chi connectivity index (χ1v) is 9.20. The number of hydrogen-bond acceptors (Lipinski definition) is 4. The average molecular weight is 327 g/mol. The van der Waals surface area contributed by atoms with Crippen molar-refractivity contribution in [1.82, 2.24) is 24.6 Å². The third-order valence-corrected chi connectivity index (χ3v) is 4.87. The highest BCUT2D eigenvalue weighted by molar-refractivity contribution is 5.54. The van der Waals surface area contributed by atoms with Crippen LogP contribution in [0.4, 0.5) is 0 Å². The Hall–Kier alpha value is -1.75. The first-order chi connectivity index (χ1) is 11.6. The summed E-state index contributed by atoms with van der Waals surface area (Å²) in [5, 5.41) is 4.44. The Kier molecular flexibility index (Phi) is 5.29. The van der Waals surface area contributed by atoms with E-state index >= 15 is 0 Å². The van der Waals surface area contributed by atoms with E-state index < -0.39 is 0 Å². The van der Waals surface area contributed by atoms with Gasteiger partial charge < -0.3 is 4.90 Å². The zero-order valence-corrected chi connectivity index (χ0v) is 15.4. The first kappa shape index (κ1) is 17.1. The Balaban J connectivity index is 1.90. The van der Waals surface area contributed by atoms with E-state index in [2.05, 4.69) is 47.9 Å². The molecule has 1 aliphatic rings. The van der Waals surface area contributed by atoms with Crippen LogP contribution in [0.25, 0.3) is 11.4 Å². The smallest absolute Gasteiger partial charge is 0.126 e. The van der Waals surface area contributed by atoms with Crippen LogP contribution in [0.2, 0.25) is 0 Å². The fraction of sp³-hybridized carbons (Fsp3) is 0.632. The van der Waals surface area contributed by atoms with Gasteiger partial charge in [0.1, 0.15) is 5.82 Å². The molecule has 0 spiro atoms. The normalized spacial score (nSPS) is 19.1. The van der Waals surface area contributed by atoms with Crippen LogP contribution in [0.15, 0.2) is 18.3 Å². The highest BCUT2D eigenvalue weighted by Crippen LogP contribution is 2.29. The van der Waals surface area contributed by atoms with Gasteiger partial charge in [-0.3, -0.25) is 4.68 Å². The van der Waals surface area contributed by atoms with Crippen molar-refractivity contribution < 1.29 is 0 Å². The fourth-order valence-corrected chi connectivity index (χ4v) is 3.59. The molecular formula is C19H29N5. The van der Waals surface area contributed by atoms with Gasteiger partial charge in [-0.05, 0) is 58.7 Å². The number of aryl methyl sites for hydroxylation is 2. The lowest BCUT2D eigenvalue weighted by Crippen LogP contribution is -2.39. The van der Waals surface area contributed by atoms with E-state index in [0.717, 1.165) is 36.7 Å². The van der Waals surface area contributed by atoms with Crippen LogP contribution < -0.4 is 0 Å². The molecule has 0 aromatic carbocycles. The Labute approximate surface area is 145 Å². The van der Waals surface area contributed by atoms with Crippen LogP contribution in [-0.4, -0.2) is 43.8 Å². The van der Waals surface area contributed by atoms with Gasteiger partial charge in [-0.15, -0.1) is 0 Å². The predicted molar refractivity (Wildman–Crippen MR) is 97.0 cm³/mol. The topological polar surface area (TPSA) is 46.8 Å². The summed E-state index contributed by atoms with van der Waals surface area (Å²) in [5.74, 6) is 1.36. The van der Waals surface area contributed by atoms with Gasteiger partial charge in [-0.1, -0.05) is 6.92 Å². The summed E-state index contributed by atoms with van der Waals surface area (Å²) in [6.45, 7) is 12.0. The minimum absolute atomic E-state index is 0.504. The second-order valence-corrected chi connectivity index (χ2v) is 7.09. The first-order valence-electron chi connectivity index (χ1n) is 9.20. The molecule has 2 aromatic rings. The summed E-state index contributed by atoms with van der Waals surface area (Å²) in [6.07, 6.45) is 5.39. The summed E-state index contributed by atoms with van der Waals surface area (Å²) >= 11 is 0. The van der Waals surface area contributed by atoms with Crippen molar-refractivity contribution in [3.63, 3.8) is 0 Å². The SMILES string of the molecule is CCCn1nccc1-c1cc(C2CCCN(C(C)C)C2)nc(C)n1. The number of aromatic nitrogens is 4. The molecule has 1 saturated heterocycles. The fourth-order valence-electron chi connectivity index (χ4n) is 3.59. The summed E-state index contributed by atoms with van der Waals surface area (Å²) in [6, 6.07) is 4.84. The number of likely N-dealkylation sites (tertiary alicyclic amines) is 1. The van der Waals surface area contributed by atoms with Crippen molar-refractivity contribution in [2.24, 2.45) is 0 Å². The molecule has 0 saturated carbocycles. The van der Waals surface area contributed by atoms with Crippen molar-refractivity contribution in [2.75, 3.05) is 13.1 Å². The summed E-state index contributed by atoms with van der Waals surface area (Å²) in [4.78, 5) is 12.0. The average Bonchev–Trinajstić information content (AvgIpc) is 3.03. The molecule has 1 aliphatic heterocycles. The summed E-state index contributed by atoms with van der Waals surface area (Å²) in [5.41, 5.74) is 3.29. The molecule has 24 heavy (non-hydrogen) atoms. The third kappa shape index (κ3) is 3.66. The van der Waals surface area contributed by atoms with Crippen molar-refractivity contribution in [1.29, 1.82) is 0 Å². The molecule has 1 atom stereocenters. The quantitative estimate of drug-likeness (QED) is 0.841. The number of rotatable bonds is 5. The lowest BCUT2D eigenvalue weighted by molar-refractivity contribution is 0.166. The minimum atomic E-state index is 0.504. The van der Waals surface area contributed by atoms with Gasteiger partial charge in [0.05, 0.1) is 11.4 Å². The van der Waals surface area contributed by atoms with Crippen LogP contribution in [0.3, 0.4) is 0 Å². The Morgan fingerprint density at radius 3 is 2.88 bits per heavy atom. The lowest BCUT2D eigenvalue weighted by Gasteiger charge is -2.35. The van der Waals surface area contributed by atoms with Crippen LogP contribution in [-0.2, 0) is 6.54 Å². The molecule has 0 N–H and O–H groups in total. The molecule has 0 bridgehead atoms. The maximum Gasteiger partial charge on any atom is 0.126 e. The zero-order chi connectivity index (χ0) is 17.1. The van der Waals surface area contributed by atoms with E-state index in [9.17, 15) is 0 Å². The van der Waals surface area contributed by atoms with Crippen molar-refractivity contribution in [2.45, 2.75) is 65.5 Å². The Morgan fingerprint density at radius 2 is 2.12 bits per heavy atom. The molecule has 5 heteroatoms. The Bertz CT molecular complexity index is 676. The van der Waals surface area contributed by atoms with Crippen LogP contribution in [0.1, 0.15) is 57.5 Å². The predicted octanol–water partition coefficient (Wildman–Crippen LogP) is 3.65. The number of hydrogen-bond donors (Lipinski definition) is 0. The molecule has 5 nitrogen and oxygen atoms in total. The van der Waals surface area contributed by atoms with Crippen molar-refractivity contribution in [3.8, 4) is 11.4 Å². The molecule has 0 amide bonds. The molecule has 1 fully saturated rings. The number of piperidine rings is 1. The maximum atomic E-state index is 4.77. The lowest BCUT2D eigenvalue weighted by atomic mass is 9.93. The van der Waals surface area contributed by atoms with Gasteiger partial charge in [-0.25, -0.2) is 9.97 Å². The van der Waals surface area contributed by atoms with Crippen LogP contribution in [0.5, 0.6) is 0 Å². The Morgan fingerprint density at radius 1 is 1.29 bits per heavy atom. The van der Waals surface area contributed by atoms with Crippen LogP contribution in [0, 0.1) is 6.92 Å². The van der Waals surface area contributed by atoms with Gasteiger partial charge >= 0.3 is 0 Å². The van der Waals surface area contributed by atoms with Gasteiger partial charge in [0, 0.05) is 36.9 Å². The molecule has 0 aliphatic carbocycles. The maximum absolute atomic E-state index is 4.77. The molecule has 1 unspecified atom stereocenters. The summed E-state index contributed by atoms with van der Waals surface area (Å²) < 4.78 is 2.05. The van der Waals surface area contributed by atoms with E-state index in [1.54, 1.807) is 0 Å². The molecule has 0 radical (unpaired) electrons. The molecule has 2 aromatic heterocycles. The number of nitrogens with zero attached hydrogens (tertiary/aromatic N) is 5.